The molecule has 0 bridgehead atoms. The van der Waals surface area contributed by atoms with Gasteiger partial charge in [-0.15, -0.1) is 0 Å². The van der Waals surface area contributed by atoms with Crippen molar-refractivity contribution in [3.05, 3.63) is 23.8 Å². The fourth-order valence-corrected chi connectivity index (χ4v) is 1.54. The van der Waals surface area contributed by atoms with E-state index in [1.807, 2.05) is 6.92 Å². The van der Waals surface area contributed by atoms with Gasteiger partial charge in [0.25, 0.3) is 0 Å². The zero-order valence-electron chi connectivity index (χ0n) is 10.6. The number of hydrogen-bond donors (Lipinski definition) is 5. The van der Waals surface area contributed by atoms with Crippen LogP contribution in [0.2, 0.25) is 0 Å². The Labute approximate surface area is 115 Å². The van der Waals surface area contributed by atoms with Gasteiger partial charge in [-0.1, -0.05) is 13.3 Å². The topological polar surface area (TPSA) is 152 Å². The van der Waals surface area contributed by atoms with Crippen LogP contribution in [-0.4, -0.2) is 38.8 Å². The van der Waals surface area contributed by atoms with Gasteiger partial charge in [-0.25, -0.2) is 0 Å². The third-order valence-electron chi connectivity index (χ3n) is 2.20. The lowest BCUT2D eigenvalue weighted by Crippen LogP contribution is -2.11. The number of aliphatic carboxylic acids is 1. The van der Waals surface area contributed by atoms with Crippen LogP contribution >= 0.6 is 0 Å². The number of benzene rings is 1. The number of aromatic hydroxyl groups is 2. The highest BCUT2D eigenvalue weighted by Crippen LogP contribution is 2.28. The van der Waals surface area contributed by atoms with Crippen LogP contribution < -0.4 is 0 Å². The molecule has 0 radical (unpaired) electrons. The summed E-state index contributed by atoms with van der Waals surface area (Å²) in [5.74, 6) is -1.85. The Bertz CT molecular complexity index is 523. The molecule has 0 aliphatic rings. The molecule has 1 aromatic rings. The second-order valence-corrected chi connectivity index (χ2v) is 4.81. The number of phenols is 2. The molecule has 0 saturated carbocycles. The first-order chi connectivity index (χ1) is 9.04. The first-order valence-corrected chi connectivity index (χ1v) is 6.90. The van der Waals surface area contributed by atoms with Crippen molar-refractivity contribution < 1.29 is 37.6 Å². The van der Waals surface area contributed by atoms with E-state index in [9.17, 15) is 15.0 Å². The van der Waals surface area contributed by atoms with E-state index < -0.39 is 22.3 Å². The normalized spacial score (nSPS) is 12.2. The van der Waals surface area contributed by atoms with E-state index in [-0.39, 0.29) is 11.5 Å². The number of phenolic OH excluding ortho intramolecular Hbond substituents is 2. The molecule has 0 saturated heterocycles. The molecule has 114 valence electrons. The number of carboxylic acids is 1. The van der Waals surface area contributed by atoms with Crippen molar-refractivity contribution in [2.24, 2.45) is 0 Å². The molecule has 8 nitrogen and oxygen atoms in total. The zero-order chi connectivity index (χ0) is 15.9. The quantitative estimate of drug-likeness (QED) is 0.523. The van der Waals surface area contributed by atoms with Crippen molar-refractivity contribution in [1.82, 2.24) is 0 Å². The second kappa shape index (κ2) is 7.68. The van der Waals surface area contributed by atoms with E-state index in [1.54, 1.807) is 0 Å². The van der Waals surface area contributed by atoms with Gasteiger partial charge in [0.1, 0.15) is 11.5 Å². The summed E-state index contributed by atoms with van der Waals surface area (Å²) in [6.07, 6.45) is 1.21. The van der Waals surface area contributed by atoms with Crippen molar-refractivity contribution in [3.63, 3.8) is 0 Å². The van der Waals surface area contributed by atoms with Gasteiger partial charge < -0.3 is 15.3 Å². The maximum Gasteiger partial charge on any atom is 0.394 e. The van der Waals surface area contributed by atoms with E-state index in [0.29, 0.717) is 12.0 Å². The maximum atomic E-state index is 10.9. The smallest absolute Gasteiger partial charge is 0.394 e. The van der Waals surface area contributed by atoms with E-state index >= 15 is 0 Å². The van der Waals surface area contributed by atoms with Gasteiger partial charge in [0.2, 0.25) is 0 Å². The summed E-state index contributed by atoms with van der Waals surface area (Å²) in [5.41, 5.74) is 0.432. The molecule has 1 aromatic carbocycles. The van der Waals surface area contributed by atoms with Gasteiger partial charge in [0, 0.05) is 6.07 Å². The molecule has 0 aliphatic heterocycles. The van der Waals surface area contributed by atoms with Crippen LogP contribution in [0.1, 0.15) is 31.2 Å². The lowest BCUT2D eigenvalue weighted by atomic mass is 9.94. The Morgan fingerprint density at radius 1 is 1.15 bits per heavy atom. The molecule has 0 aromatic heterocycles. The average Bonchev–Trinajstić information content (AvgIpc) is 2.21. The summed E-state index contributed by atoms with van der Waals surface area (Å²) >= 11 is 0. The van der Waals surface area contributed by atoms with Crippen molar-refractivity contribution in [3.8, 4) is 11.5 Å². The molecular formula is C11H16O8S. The lowest BCUT2D eigenvalue weighted by molar-refractivity contribution is -0.139. The molecule has 0 fully saturated rings. The van der Waals surface area contributed by atoms with Gasteiger partial charge in [-0.3, -0.25) is 13.9 Å². The van der Waals surface area contributed by atoms with Crippen molar-refractivity contribution in [1.29, 1.82) is 0 Å². The SMILES string of the molecule is CCCC(C(=O)O)c1cc(O)cc(O)c1.O=S(=O)(O)O. The predicted molar refractivity (Wildman–Crippen MR) is 69.2 cm³/mol. The minimum atomic E-state index is -4.67. The fraction of sp³-hybridized carbons (Fsp3) is 0.364. The van der Waals surface area contributed by atoms with E-state index in [2.05, 4.69) is 0 Å². The van der Waals surface area contributed by atoms with Gasteiger partial charge in [-0.05, 0) is 24.1 Å². The maximum absolute atomic E-state index is 10.9. The highest BCUT2D eigenvalue weighted by Gasteiger charge is 2.19. The van der Waals surface area contributed by atoms with Gasteiger partial charge in [-0.2, -0.15) is 8.42 Å². The summed E-state index contributed by atoms with van der Waals surface area (Å²) in [6.45, 7) is 1.89. The fourth-order valence-electron chi connectivity index (χ4n) is 1.54. The monoisotopic (exact) mass is 308 g/mol. The molecule has 0 aliphatic carbocycles. The molecule has 20 heavy (non-hydrogen) atoms. The highest BCUT2D eigenvalue weighted by atomic mass is 32.3. The summed E-state index contributed by atoms with van der Waals surface area (Å²) in [4.78, 5) is 10.9. The number of carbonyl (C=O) groups is 1. The van der Waals surface area contributed by atoms with Crippen LogP contribution in [0.25, 0.3) is 0 Å². The van der Waals surface area contributed by atoms with Crippen molar-refractivity contribution in [2.75, 3.05) is 0 Å². The molecule has 0 heterocycles. The number of hydrogen-bond acceptors (Lipinski definition) is 5. The molecule has 1 atom stereocenters. The summed E-state index contributed by atoms with van der Waals surface area (Å²) in [5, 5.41) is 27.5. The summed E-state index contributed by atoms with van der Waals surface area (Å²) in [6, 6.07) is 3.91. The van der Waals surface area contributed by atoms with Crippen LogP contribution in [0.15, 0.2) is 18.2 Å². The Balaban J connectivity index is 0.000000621. The molecule has 0 spiro atoms. The Morgan fingerprint density at radius 3 is 1.85 bits per heavy atom. The summed E-state index contributed by atoms with van der Waals surface area (Å²) < 4.78 is 31.6. The van der Waals surface area contributed by atoms with Crippen LogP contribution in [0, 0.1) is 0 Å². The lowest BCUT2D eigenvalue weighted by Gasteiger charge is -2.12. The van der Waals surface area contributed by atoms with E-state index in [0.717, 1.165) is 6.42 Å². The Kier molecular flexibility index (Phi) is 6.97. The van der Waals surface area contributed by atoms with Crippen LogP contribution in [0.5, 0.6) is 11.5 Å². The average molecular weight is 308 g/mol. The van der Waals surface area contributed by atoms with Crippen LogP contribution in [-0.2, 0) is 15.2 Å². The Morgan fingerprint density at radius 2 is 1.55 bits per heavy atom. The largest absolute Gasteiger partial charge is 0.508 e. The predicted octanol–water partition coefficient (Wildman–Crippen LogP) is 1.41. The summed E-state index contributed by atoms with van der Waals surface area (Å²) in [7, 11) is -4.67. The molecule has 5 N–H and O–H groups in total. The highest BCUT2D eigenvalue weighted by molar-refractivity contribution is 7.79. The van der Waals surface area contributed by atoms with E-state index in [4.69, 9.17) is 22.6 Å². The van der Waals surface area contributed by atoms with Crippen molar-refractivity contribution in [2.45, 2.75) is 25.7 Å². The van der Waals surface area contributed by atoms with Crippen molar-refractivity contribution >= 4 is 16.4 Å². The number of rotatable bonds is 4. The minimum absolute atomic E-state index is 0.118. The van der Waals surface area contributed by atoms with E-state index in [1.165, 1.54) is 18.2 Å². The van der Waals surface area contributed by atoms with Gasteiger partial charge >= 0.3 is 16.4 Å². The second-order valence-electron chi connectivity index (χ2n) is 3.91. The van der Waals surface area contributed by atoms with Gasteiger partial charge in [0.05, 0.1) is 5.92 Å². The van der Waals surface area contributed by atoms with Crippen LogP contribution in [0.3, 0.4) is 0 Å². The molecule has 1 rings (SSSR count). The van der Waals surface area contributed by atoms with Crippen LogP contribution in [0.4, 0.5) is 0 Å². The minimum Gasteiger partial charge on any atom is -0.508 e. The zero-order valence-corrected chi connectivity index (χ0v) is 11.4. The third-order valence-corrected chi connectivity index (χ3v) is 2.20. The van der Waals surface area contributed by atoms with Gasteiger partial charge in [0.15, 0.2) is 0 Å². The number of carboxylic acid groups (broad SMARTS) is 1. The molecular weight excluding hydrogens is 292 g/mol. The molecule has 9 heteroatoms. The molecule has 1 unspecified atom stereocenters. The standard InChI is InChI=1S/C11H14O4.H2O4S/c1-2-3-10(11(14)15)7-4-8(12)6-9(13)5-7;1-5(2,3)4/h4-6,10,12-13H,2-3H2,1H3,(H,14,15);(H2,1,2,3,4). The Hall–Kier alpha value is -1.84. The third kappa shape index (κ3) is 8.29. The molecule has 0 amide bonds. The first-order valence-electron chi connectivity index (χ1n) is 5.50. The first kappa shape index (κ1) is 18.2.